The number of fused-ring (bicyclic) bond motifs is 2. The summed E-state index contributed by atoms with van der Waals surface area (Å²) in [6.07, 6.45) is 6.26. The van der Waals surface area contributed by atoms with E-state index >= 15 is 0 Å². The Bertz CT molecular complexity index is 620. The normalized spacial score (nSPS) is 46.6. The molecule has 2 aliphatic heterocycles. The van der Waals surface area contributed by atoms with Crippen molar-refractivity contribution in [3.63, 3.8) is 0 Å². The van der Waals surface area contributed by atoms with Gasteiger partial charge in [0, 0.05) is 17.4 Å². The molecule has 25 heavy (non-hydrogen) atoms. The first kappa shape index (κ1) is 18.3. The first-order valence-corrected chi connectivity index (χ1v) is 9.14. The van der Waals surface area contributed by atoms with Gasteiger partial charge in [-0.15, -0.1) is 0 Å². The Hall–Kier alpha value is -1.46. The Morgan fingerprint density at radius 1 is 1.32 bits per heavy atom. The van der Waals surface area contributed by atoms with Crippen molar-refractivity contribution in [2.24, 2.45) is 11.8 Å². The van der Waals surface area contributed by atoms with Crippen molar-refractivity contribution in [2.75, 3.05) is 0 Å². The number of ether oxygens (including phenoxy) is 2. The van der Waals surface area contributed by atoms with E-state index in [0.29, 0.717) is 31.3 Å². The number of carbonyl (C=O) groups excluding carboxylic acids is 2. The van der Waals surface area contributed by atoms with Crippen LogP contribution in [0.15, 0.2) is 24.3 Å². The number of esters is 1. The molecule has 0 saturated carbocycles. The van der Waals surface area contributed by atoms with Crippen LogP contribution in [-0.2, 0) is 19.1 Å². The standard InChI is InChI=1S/C20H28O5/c1-12-7-5-8-19(3,23)9-6-10-20(4)15(25-20)11-14-13(2)18(22)24-17(14)16(12)21/h6,9,12,14-15,17,23H,2,5,7-8,10-11H2,1,3-4H3/b9-6-/t12-,14+,15-,17-,19-,20-/m1/s1. The number of hydrogen-bond donors (Lipinski definition) is 1. The average Bonchev–Trinajstić information content (AvgIpc) is 3.07. The first-order chi connectivity index (χ1) is 11.6. The van der Waals surface area contributed by atoms with Gasteiger partial charge in [0.15, 0.2) is 11.9 Å². The molecule has 5 heteroatoms. The highest BCUT2D eigenvalue weighted by Gasteiger charge is 2.55. The molecule has 0 unspecified atom stereocenters. The largest absolute Gasteiger partial charge is 0.450 e. The monoisotopic (exact) mass is 348 g/mol. The fraction of sp³-hybridized carbons (Fsp3) is 0.700. The summed E-state index contributed by atoms with van der Waals surface area (Å²) in [5, 5.41) is 10.4. The quantitative estimate of drug-likeness (QED) is 0.315. The Kier molecular flexibility index (Phi) is 4.67. The highest BCUT2D eigenvalue weighted by atomic mass is 16.6. The summed E-state index contributed by atoms with van der Waals surface area (Å²) in [5.74, 6) is -1.04. The lowest BCUT2D eigenvalue weighted by Gasteiger charge is -2.23. The predicted octanol–water partition coefficient (Wildman–Crippen LogP) is 2.72. The molecule has 0 aromatic heterocycles. The number of rotatable bonds is 0. The highest BCUT2D eigenvalue weighted by molar-refractivity contribution is 5.98. The maximum Gasteiger partial charge on any atom is 0.334 e. The van der Waals surface area contributed by atoms with Crippen LogP contribution in [0.1, 0.15) is 52.9 Å². The van der Waals surface area contributed by atoms with E-state index < -0.39 is 17.7 Å². The van der Waals surface area contributed by atoms with Gasteiger partial charge in [0.1, 0.15) is 0 Å². The van der Waals surface area contributed by atoms with E-state index in [9.17, 15) is 14.7 Å². The summed E-state index contributed by atoms with van der Waals surface area (Å²) < 4.78 is 11.2. The van der Waals surface area contributed by atoms with Gasteiger partial charge in [-0.3, -0.25) is 4.79 Å². The summed E-state index contributed by atoms with van der Waals surface area (Å²) in [7, 11) is 0. The molecule has 3 rings (SSSR count). The third-order valence-corrected chi connectivity index (χ3v) is 5.90. The van der Waals surface area contributed by atoms with Gasteiger partial charge in [0.05, 0.1) is 17.3 Å². The molecule has 3 aliphatic rings. The molecule has 0 bridgehead atoms. The zero-order valence-electron chi connectivity index (χ0n) is 15.3. The summed E-state index contributed by atoms with van der Waals surface area (Å²) in [4.78, 5) is 24.8. The van der Waals surface area contributed by atoms with Gasteiger partial charge in [0.2, 0.25) is 0 Å². The predicted molar refractivity (Wildman–Crippen MR) is 92.8 cm³/mol. The lowest BCUT2D eigenvalue weighted by atomic mass is 9.82. The molecule has 2 fully saturated rings. The third-order valence-electron chi connectivity index (χ3n) is 5.90. The highest BCUT2D eigenvalue weighted by Crippen LogP contribution is 2.47. The lowest BCUT2D eigenvalue weighted by molar-refractivity contribution is -0.148. The van der Waals surface area contributed by atoms with E-state index in [1.54, 1.807) is 6.92 Å². The molecule has 0 radical (unpaired) electrons. The summed E-state index contributed by atoms with van der Waals surface area (Å²) in [5.41, 5.74) is -0.819. The average molecular weight is 348 g/mol. The molecular formula is C20H28O5. The summed E-state index contributed by atoms with van der Waals surface area (Å²) >= 11 is 0. The van der Waals surface area contributed by atoms with E-state index in [4.69, 9.17) is 9.47 Å². The maximum atomic E-state index is 12.8. The van der Waals surface area contributed by atoms with Crippen molar-refractivity contribution in [2.45, 2.75) is 76.3 Å². The van der Waals surface area contributed by atoms with Gasteiger partial charge in [-0.2, -0.15) is 0 Å². The van der Waals surface area contributed by atoms with E-state index in [1.807, 2.05) is 26.0 Å². The van der Waals surface area contributed by atoms with E-state index in [1.165, 1.54) is 0 Å². The molecule has 0 aromatic rings. The second-order valence-corrected chi connectivity index (χ2v) is 8.27. The molecule has 138 valence electrons. The molecule has 1 aliphatic carbocycles. The third kappa shape index (κ3) is 3.72. The fourth-order valence-corrected chi connectivity index (χ4v) is 3.95. The number of carbonyl (C=O) groups is 2. The molecule has 2 saturated heterocycles. The summed E-state index contributed by atoms with van der Waals surface area (Å²) in [6, 6.07) is 0. The van der Waals surface area contributed by atoms with Crippen LogP contribution < -0.4 is 0 Å². The molecule has 2 heterocycles. The van der Waals surface area contributed by atoms with Gasteiger partial charge >= 0.3 is 5.97 Å². The van der Waals surface area contributed by atoms with Crippen molar-refractivity contribution in [1.82, 2.24) is 0 Å². The van der Waals surface area contributed by atoms with Gasteiger partial charge in [-0.25, -0.2) is 4.79 Å². The van der Waals surface area contributed by atoms with Crippen molar-refractivity contribution >= 4 is 11.8 Å². The Labute approximate surface area is 149 Å². The minimum absolute atomic E-state index is 0.0353. The molecule has 1 N–H and O–H groups in total. The van der Waals surface area contributed by atoms with E-state index in [-0.39, 0.29) is 29.3 Å². The van der Waals surface area contributed by atoms with Crippen LogP contribution in [0, 0.1) is 11.8 Å². The number of hydrogen-bond acceptors (Lipinski definition) is 5. The zero-order chi connectivity index (χ0) is 18.4. The smallest absolute Gasteiger partial charge is 0.334 e. The van der Waals surface area contributed by atoms with Crippen molar-refractivity contribution in [1.29, 1.82) is 0 Å². The van der Waals surface area contributed by atoms with Crippen molar-refractivity contribution < 1.29 is 24.2 Å². The number of epoxide rings is 1. The zero-order valence-corrected chi connectivity index (χ0v) is 15.3. The molecule has 5 nitrogen and oxygen atoms in total. The van der Waals surface area contributed by atoms with Crippen LogP contribution in [0.5, 0.6) is 0 Å². The van der Waals surface area contributed by atoms with Crippen LogP contribution in [-0.4, -0.2) is 40.3 Å². The minimum atomic E-state index is -0.885. The number of ketones is 1. The SMILES string of the molecule is C=C1C(=O)O[C@H]2C(=O)[C@H](C)CCC[C@@](C)(O)/C=C\C[C@@]3(C)O[C@@H]3C[C@@H]12. The van der Waals surface area contributed by atoms with Gasteiger partial charge < -0.3 is 14.6 Å². The Morgan fingerprint density at radius 2 is 2.04 bits per heavy atom. The summed E-state index contributed by atoms with van der Waals surface area (Å²) in [6.45, 7) is 9.51. The van der Waals surface area contributed by atoms with Crippen LogP contribution in [0.2, 0.25) is 0 Å². The lowest BCUT2D eigenvalue weighted by Crippen LogP contribution is -2.33. The topological polar surface area (TPSA) is 76.1 Å². The van der Waals surface area contributed by atoms with Gasteiger partial charge in [0.25, 0.3) is 0 Å². The van der Waals surface area contributed by atoms with E-state index in [0.717, 1.165) is 6.42 Å². The molecule has 0 spiro atoms. The molecular weight excluding hydrogens is 320 g/mol. The second-order valence-electron chi connectivity index (χ2n) is 8.27. The van der Waals surface area contributed by atoms with Gasteiger partial charge in [-0.1, -0.05) is 25.7 Å². The first-order valence-electron chi connectivity index (χ1n) is 9.14. The number of Topliss-reactive ketones (excluding diaryl/α,β-unsaturated/α-hetero) is 1. The van der Waals surface area contributed by atoms with Gasteiger partial charge in [-0.05, 0) is 46.0 Å². The maximum absolute atomic E-state index is 12.8. The van der Waals surface area contributed by atoms with Crippen molar-refractivity contribution in [3.8, 4) is 0 Å². The van der Waals surface area contributed by atoms with E-state index in [2.05, 4.69) is 6.58 Å². The molecule has 0 aromatic carbocycles. The van der Waals surface area contributed by atoms with Crippen molar-refractivity contribution in [3.05, 3.63) is 24.3 Å². The van der Waals surface area contributed by atoms with Crippen LogP contribution in [0.25, 0.3) is 0 Å². The fourth-order valence-electron chi connectivity index (χ4n) is 3.95. The van der Waals surface area contributed by atoms with Crippen LogP contribution in [0.4, 0.5) is 0 Å². The van der Waals surface area contributed by atoms with Crippen LogP contribution >= 0.6 is 0 Å². The molecule has 0 amide bonds. The second kappa shape index (κ2) is 6.36. The molecule has 6 atom stereocenters. The van der Waals surface area contributed by atoms with Crippen LogP contribution in [0.3, 0.4) is 0 Å². The Balaban J connectivity index is 1.83. The number of aliphatic hydroxyl groups is 1. The Morgan fingerprint density at radius 3 is 2.76 bits per heavy atom. The minimum Gasteiger partial charge on any atom is -0.450 e.